The molecule has 3 heteroatoms. The molecule has 0 amide bonds. The molecule has 1 saturated heterocycles. The van der Waals surface area contributed by atoms with Crippen LogP contribution in [-0.4, -0.2) is 31.9 Å². The van der Waals surface area contributed by atoms with Gasteiger partial charge in [-0.05, 0) is 37.3 Å². The lowest BCUT2D eigenvalue weighted by molar-refractivity contribution is 0.0673. The molecular formula is C13H23NO2. The van der Waals surface area contributed by atoms with E-state index in [1.54, 1.807) is 0 Å². The number of hydrogen-bond acceptors (Lipinski definition) is 3. The maximum absolute atomic E-state index is 5.87. The summed E-state index contributed by atoms with van der Waals surface area (Å²) >= 11 is 0. The van der Waals surface area contributed by atoms with Crippen molar-refractivity contribution in [3.8, 4) is 0 Å². The summed E-state index contributed by atoms with van der Waals surface area (Å²) in [6, 6.07) is 0.350. The Morgan fingerprint density at radius 2 is 2.38 bits per heavy atom. The van der Waals surface area contributed by atoms with E-state index in [1.165, 1.54) is 12.0 Å². The standard InChI is InChI=1S/C13H23NO2/c1-3-14-12(11-5-4-7-15-9-11)13-10(2)6-8-16-13/h9-10,12-14H,3-8H2,1-2H3. The Labute approximate surface area is 98.2 Å². The highest BCUT2D eigenvalue weighted by Crippen LogP contribution is 2.28. The molecule has 2 aliphatic heterocycles. The summed E-state index contributed by atoms with van der Waals surface area (Å²) in [5, 5.41) is 3.55. The van der Waals surface area contributed by atoms with Gasteiger partial charge in [0.15, 0.2) is 0 Å². The molecule has 0 saturated carbocycles. The van der Waals surface area contributed by atoms with Gasteiger partial charge in [-0.3, -0.25) is 0 Å². The second kappa shape index (κ2) is 5.69. The summed E-state index contributed by atoms with van der Waals surface area (Å²) in [5.41, 5.74) is 1.38. The Kier molecular flexibility index (Phi) is 4.24. The smallest absolute Gasteiger partial charge is 0.0876 e. The second-order valence-electron chi connectivity index (χ2n) is 4.80. The van der Waals surface area contributed by atoms with E-state index in [9.17, 15) is 0 Å². The van der Waals surface area contributed by atoms with Gasteiger partial charge in [0.25, 0.3) is 0 Å². The van der Waals surface area contributed by atoms with Gasteiger partial charge >= 0.3 is 0 Å². The summed E-state index contributed by atoms with van der Waals surface area (Å²) in [6.07, 6.45) is 5.73. The van der Waals surface area contributed by atoms with E-state index in [4.69, 9.17) is 9.47 Å². The average Bonchev–Trinajstić information content (AvgIpc) is 2.73. The molecule has 2 aliphatic rings. The maximum atomic E-state index is 5.87. The minimum atomic E-state index is 0.327. The Morgan fingerprint density at radius 3 is 2.94 bits per heavy atom. The molecule has 3 unspecified atom stereocenters. The monoisotopic (exact) mass is 225 g/mol. The van der Waals surface area contributed by atoms with Gasteiger partial charge in [0.2, 0.25) is 0 Å². The lowest BCUT2D eigenvalue weighted by atomic mass is 9.90. The third kappa shape index (κ3) is 2.58. The van der Waals surface area contributed by atoms with Crippen LogP contribution < -0.4 is 5.32 Å². The molecular weight excluding hydrogens is 202 g/mol. The summed E-state index contributed by atoms with van der Waals surface area (Å²) < 4.78 is 11.3. The fraction of sp³-hybridized carbons (Fsp3) is 0.846. The summed E-state index contributed by atoms with van der Waals surface area (Å²) in [4.78, 5) is 0. The van der Waals surface area contributed by atoms with Crippen molar-refractivity contribution in [2.45, 2.75) is 45.3 Å². The third-order valence-electron chi connectivity index (χ3n) is 3.56. The van der Waals surface area contributed by atoms with Gasteiger partial charge in [-0.15, -0.1) is 0 Å². The van der Waals surface area contributed by atoms with Crippen LogP contribution in [0.15, 0.2) is 11.8 Å². The molecule has 0 spiro atoms. The summed E-state index contributed by atoms with van der Waals surface area (Å²) in [5.74, 6) is 0.645. The molecule has 92 valence electrons. The highest BCUT2D eigenvalue weighted by Gasteiger charge is 2.34. The summed E-state index contributed by atoms with van der Waals surface area (Å²) in [6.45, 7) is 7.18. The summed E-state index contributed by atoms with van der Waals surface area (Å²) in [7, 11) is 0. The second-order valence-corrected chi connectivity index (χ2v) is 4.80. The van der Waals surface area contributed by atoms with Crippen molar-refractivity contribution >= 4 is 0 Å². The topological polar surface area (TPSA) is 30.5 Å². The minimum Gasteiger partial charge on any atom is -0.501 e. The molecule has 3 atom stereocenters. The van der Waals surface area contributed by atoms with Crippen LogP contribution in [0.25, 0.3) is 0 Å². The minimum absolute atomic E-state index is 0.327. The molecule has 0 radical (unpaired) electrons. The van der Waals surface area contributed by atoms with Crippen LogP contribution in [0.5, 0.6) is 0 Å². The van der Waals surface area contributed by atoms with E-state index < -0.39 is 0 Å². The van der Waals surface area contributed by atoms with E-state index >= 15 is 0 Å². The van der Waals surface area contributed by atoms with Crippen LogP contribution in [0.4, 0.5) is 0 Å². The maximum Gasteiger partial charge on any atom is 0.0876 e. The van der Waals surface area contributed by atoms with Gasteiger partial charge < -0.3 is 14.8 Å². The molecule has 0 aliphatic carbocycles. The molecule has 0 aromatic heterocycles. The van der Waals surface area contributed by atoms with Crippen molar-refractivity contribution in [2.75, 3.05) is 19.8 Å². The molecule has 1 N–H and O–H groups in total. The Hall–Kier alpha value is -0.540. The van der Waals surface area contributed by atoms with Crippen LogP contribution in [0, 0.1) is 5.92 Å². The zero-order chi connectivity index (χ0) is 11.4. The molecule has 0 bridgehead atoms. The van der Waals surface area contributed by atoms with Gasteiger partial charge in [-0.2, -0.15) is 0 Å². The van der Waals surface area contributed by atoms with Crippen molar-refractivity contribution in [3.05, 3.63) is 11.8 Å². The van der Waals surface area contributed by atoms with E-state index in [0.717, 1.165) is 32.6 Å². The van der Waals surface area contributed by atoms with Gasteiger partial charge in [0.1, 0.15) is 0 Å². The number of rotatable bonds is 4. The average molecular weight is 225 g/mol. The number of likely N-dealkylation sites (N-methyl/N-ethyl adjacent to an activating group) is 1. The van der Waals surface area contributed by atoms with Crippen molar-refractivity contribution in [2.24, 2.45) is 5.92 Å². The van der Waals surface area contributed by atoms with Gasteiger partial charge in [0.05, 0.1) is 25.0 Å². The van der Waals surface area contributed by atoms with Crippen molar-refractivity contribution in [3.63, 3.8) is 0 Å². The quantitative estimate of drug-likeness (QED) is 0.794. The van der Waals surface area contributed by atoms with Crippen LogP contribution in [0.3, 0.4) is 0 Å². The van der Waals surface area contributed by atoms with E-state index in [0.29, 0.717) is 18.1 Å². The van der Waals surface area contributed by atoms with E-state index in [1.807, 2.05) is 6.26 Å². The fourth-order valence-electron chi connectivity index (χ4n) is 2.63. The zero-order valence-corrected chi connectivity index (χ0v) is 10.4. The molecule has 2 rings (SSSR count). The van der Waals surface area contributed by atoms with Gasteiger partial charge in [-0.1, -0.05) is 13.8 Å². The highest BCUT2D eigenvalue weighted by atomic mass is 16.5. The fourth-order valence-corrected chi connectivity index (χ4v) is 2.63. The molecule has 3 nitrogen and oxygen atoms in total. The van der Waals surface area contributed by atoms with E-state index in [2.05, 4.69) is 19.2 Å². The Balaban J connectivity index is 2.06. The lowest BCUT2D eigenvalue weighted by Crippen LogP contribution is -2.44. The van der Waals surface area contributed by atoms with Crippen LogP contribution in [-0.2, 0) is 9.47 Å². The normalized spacial score (nSPS) is 32.0. The number of ether oxygens (including phenoxy) is 2. The van der Waals surface area contributed by atoms with Crippen LogP contribution >= 0.6 is 0 Å². The first-order chi connectivity index (χ1) is 7.83. The third-order valence-corrected chi connectivity index (χ3v) is 3.56. The lowest BCUT2D eigenvalue weighted by Gasteiger charge is -2.30. The first-order valence-electron chi connectivity index (χ1n) is 6.48. The largest absolute Gasteiger partial charge is 0.501 e. The van der Waals surface area contributed by atoms with Crippen LogP contribution in [0.2, 0.25) is 0 Å². The molecule has 0 aromatic rings. The van der Waals surface area contributed by atoms with Gasteiger partial charge in [0, 0.05) is 6.61 Å². The molecule has 2 heterocycles. The molecule has 16 heavy (non-hydrogen) atoms. The first kappa shape index (κ1) is 11.9. The van der Waals surface area contributed by atoms with Crippen molar-refractivity contribution < 1.29 is 9.47 Å². The number of hydrogen-bond donors (Lipinski definition) is 1. The zero-order valence-electron chi connectivity index (χ0n) is 10.4. The highest BCUT2D eigenvalue weighted by molar-refractivity contribution is 5.14. The Morgan fingerprint density at radius 1 is 1.50 bits per heavy atom. The first-order valence-corrected chi connectivity index (χ1v) is 6.48. The molecule has 1 fully saturated rings. The van der Waals surface area contributed by atoms with Crippen molar-refractivity contribution in [1.82, 2.24) is 5.32 Å². The van der Waals surface area contributed by atoms with Crippen LogP contribution in [0.1, 0.15) is 33.1 Å². The SMILES string of the molecule is CCNC(C1=COCCC1)C1OCCC1C. The van der Waals surface area contributed by atoms with Gasteiger partial charge in [-0.25, -0.2) is 0 Å². The Bertz CT molecular complexity index is 252. The number of nitrogens with one attached hydrogen (secondary N) is 1. The van der Waals surface area contributed by atoms with E-state index in [-0.39, 0.29) is 0 Å². The molecule has 0 aromatic carbocycles. The predicted molar refractivity (Wildman–Crippen MR) is 64.3 cm³/mol. The van der Waals surface area contributed by atoms with Crippen molar-refractivity contribution in [1.29, 1.82) is 0 Å². The predicted octanol–water partition coefficient (Wildman–Crippen LogP) is 2.08.